The summed E-state index contributed by atoms with van der Waals surface area (Å²) in [6.07, 6.45) is 4.15. The number of aliphatic hydroxyl groups excluding tert-OH is 1. The zero-order chi connectivity index (χ0) is 13.8. The molecule has 0 spiro atoms. The number of nitrogen functional groups attached to an aromatic ring is 1. The van der Waals surface area contributed by atoms with Crippen LogP contribution in [-0.2, 0) is 0 Å². The molecule has 0 aliphatic heterocycles. The maximum atomic E-state index is 14.0. The molecule has 7 heteroatoms. The van der Waals surface area contributed by atoms with Gasteiger partial charge in [0.1, 0.15) is 0 Å². The van der Waals surface area contributed by atoms with Crippen molar-refractivity contribution >= 4 is 11.7 Å². The number of hydrogen-bond donors (Lipinski definition) is 3. The molecule has 1 heterocycles. The van der Waals surface area contributed by atoms with Crippen LogP contribution in [0.25, 0.3) is 0 Å². The number of hydrazine groups is 1. The van der Waals surface area contributed by atoms with Crippen molar-refractivity contribution in [3.05, 3.63) is 23.6 Å². The molecule has 1 fully saturated rings. The maximum absolute atomic E-state index is 14.0. The predicted octanol–water partition coefficient (Wildman–Crippen LogP) is 0.493. The Morgan fingerprint density at radius 3 is 2.89 bits per heavy atom. The molecule has 104 valence electrons. The van der Waals surface area contributed by atoms with E-state index in [0.29, 0.717) is 0 Å². The summed E-state index contributed by atoms with van der Waals surface area (Å²) in [4.78, 5) is 17.5. The smallest absolute Gasteiger partial charge is 0.257 e. The third-order valence-electron chi connectivity index (χ3n) is 3.37. The molecule has 0 bridgehead atoms. The fourth-order valence-electron chi connectivity index (χ4n) is 2.12. The summed E-state index contributed by atoms with van der Waals surface area (Å²) in [6.45, 7) is 0.0631. The van der Waals surface area contributed by atoms with Gasteiger partial charge in [-0.3, -0.25) is 4.79 Å². The van der Waals surface area contributed by atoms with Crippen molar-refractivity contribution in [2.45, 2.75) is 25.3 Å². The van der Waals surface area contributed by atoms with E-state index >= 15 is 0 Å². The molecular weight excluding hydrogens is 251 g/mol. The van der Waals surface area contributed by atoms with E-state index in [1.807, 2.05) is 0 Å². The second-order valence-corrected chi connectivity index (χ2v) is 4.47. The van der Waals surface area contributed by atoms with E-state index < -0.39 is 11.7 Å². The number of carbonyl (C=O) groups is 1. The van der Waals surface area contributed by atoms with Gasteiger partial charge in [0.05, 0.1) is 12.2 Å². The minimum absolute atomic E-state index is 0.0803. The zero-order valence-corrected chi connectivity index (χ0v) is 10.5. The largest absolute Gasteiger partial charge is 0.395 e. The zero-order valence-electron chi connectivity index (χ0n) is 10.5. The molecule has 0 aromatic carbocycles. The van der Waals surface area contributed by atoms with Crippen LogP contribution in [0.15, 0.2) is 12.3 Å². The quantitative estimate of drug-likeness (QED) is 0.534. The van der Waals surface area contributed by atoms with E-state index in [4.69, 9.17) is 10.9 Å². The van der Waals surface area contributed by atoms with Crippen LogP contribution in [0.5, 0.6) is 0 Å². The van der Waals surface area contributed by atoms with Crippen molar-refractivity contribution in [3.8, 4) is 0 Å². The highest BCUT2D eigenvalue weighted by molar-refractivity contribution is 5.95. The number of nitrogens with zero attached hydrogens (tertiary/aromatic N) is 2. The number of nitrogens with two attached hydrogens (primary N) is 1. The average Bonchev–Trinajstić information content (AvgIpc) is 2.35. The highest BCUT2D eigenvalue weighted by atomic mass is 19.1. The Morgan fingerprint density at radius 2 is 2.37 bits per heavy atom. The standard InChI is InChI=1S/C12H17FN4O2/c13-10-9(4-5-15-11(10)16-14)12(19)17(6-7-18)8-2-1-3-8/h4-5,8,18H,1-3,6-7,14H2,(H,15,16). The van der Waals surface area contributed by atoms with Gasteiger partial charge in [-0.2, -0.15) is 0 Å². The van der Waals surface area contributed by atoms with Crippen molar-refractivity contribution in [3.63, 3.8) is 0 Å². The van der Waals surface area contributed by atoms with Crippen LogP contribution in [0.4, 0.5) is 10.2 Å². The first-order valence-electron chi connectivity index (χ1n) is 6.22. The molecule has 1 aliphatic rings. The van der Waals surface area contributed by atoms with E-state index in [0.717, 1.165) is 19.3 Å². The number of aliphatic hydroxyl groups is 1. The Hall–Kier alpha value is -1.73. The first-order valence-corrected chi connectivity index (χ1v) is 6.22. The van der Waals surface area contributed by atoms with E-state index in [9.17, 15) is 9.18 Å². The van der Waals surface area contributed by atoms with Crippen LogP contribution in [0.3, 0.4) is 0 Å². The lowest BCUT2D eigenvalue weighted by Crippen LogP contribution is -2.46. The minimum Gasteiger partial charge on any atom is -0.395 e. The van der Waals surface area contributed by atoms with Crippen LogP contribution < -0.4 is 11.3 Å². The highest BCUT2D eigenvalue weighted by Gasteiger charge is 2.30. The molecule has 4 N–H and O–H groups in total. The van der Waals surface area contributed by atoms with Crippen molar-refractivity contribution in [1.82, 2.24) is 9.88 Å². The van der Waals surface area contributed by atoms with Crippen molar-refractivity contribution in [2.75, 3.05) is 18.6 Å². The third kappa shape index (κ3) is 2.66. The Bertz CT molecular complexity index is 465. The molecule has 2 rings (SSSR count). The molecule has 1 aliphatic carbocycles. The molecule has 1 aromatic rings. The third-order valence-corrected chi connectivity index (χ3v) is 3.37. The number of pyridine rings is 1. The number of hydrogen-bond acceptors (Lipinski definition) is 5. The number of aromatic nitrogens is 1. The summed E-state index contributed by atoms with van der Waals surface area (Å²) in [7, 11) is 0. The number of nitrogens with one attached hydrogen (secondary N) is 1. The second-order valence-electron chi connectivity index (χ2n) is 4.47. The number of carbonyl (C=O) groups excluding carboxylic acids is 1. The molecule has 6 nitrogen and oxygen atoms in total. The van der Waals surface area contributed by atoms with E-state index in [1.54, 1.807) is 0 Å². The normalized spacial score (nSPS) is 14.9. The Balaban J connectivity index is 2.25. The predicted molar refractivity (Wildman–Crippen MR) is 67.8 cm³/mol. The van der Waals surface area contributed by atoms with Gasteiger partial charge in [0.2, 0.25) is 0 Å². The van der Waals surface area contributed by atoms with Crippen molar-refractivity contribution in [2.24, 2.45) is 5.84 Å². The molecule has 1 aromatic heterocycles. The first kappa shape index (κ1) is 13.7. The van der Waals surface area contributed by atoms with Crippen molar-refractivity contribution < 1.29 is 14.3 Å². The summed E-state index contributed by atoms with van der Waals surface area (Å²) in [6, 6.07) is 1.41. The Morgan fingerprint density at radius 1 is 1.63 bits per heavy atom. The molecule has 0 unspecified atom stereocenters. The van der Waals surface area contributed by atoms with Gasteiger partial charge in [-0.15, -0.1) is 0 Å². The number of rotatable bonds is 5. The molecular formula is C12H17FN4O2. The fourth-order valence-corrected chi connectivity index (χ4v) is 2.12. The van der Waals surface area contributed by atoms with Gasteiger partial charge in [-0.05, 0) is 25.3 Å². The first-order chi connectivity index (χ1) is 9.19. The second kappa shape index (κ2) is 5.94. The summed E-state index contributed by atoms with van der Waals surface area (Å²) >= 11 is 0. The van der Waals surface area contributed by atoms with Gasteiger partial charge in [0, 0.05) is 18.8 Å². The monoisotopic (exact) mass is 268 g/mol. The molecule has 0 radical (unpaired) electrons. The molecule has 0 atom stereocenters. The summed E-state index contributed by atoms with van der Waals surface area (Å²) < 4.78 is 14.0. The van der Waals surface area contributed by atoms with Crippen LogP contribution >= 0.6 is 0 Å². The van der Waals surface area contributed by atoms with Gasteiger partial charge in [-0.1, -0.05) is 0 Å². The topological polar surface area (TPSA) is 91.5 Å². The maximum Gasteiger partial charge on any atom is 0.257 e. The van der Waals surface area contributed by atoms with Crippen LogP contribution in [0, 0.1) is 5.82 Å². The van der Waals surface area contributed by atoms with Gasteiger partial charge in [0.15, 0.2) is 11.6 Å². The lowest BCUT2D eigenvalue weighted by atomic mass is 9.91. The lowest BCUT2D eigenvalue weighted by molar-refractivity contribution is 0.0521. The Labute approximate surface area is 110 Å². The van der Waals surface area contributed by atoms with Gasteiger partial charge in [-0.25, -0.2) is 15.2 Å². The van der Waals surface area contributed by atoms with E-state index in [2.05, 4.69) is 10.4 Å². The minimum atomic E-state index is -0.766. The number of anilines is 1. The molecule has 0 saturated heterocycles. The lowest BCUT2D eigenvalue weighted by Gasteiger charge is -2.37. The molecule has 1 amide bonds. The van der Waals surface area contributed by atoms with Gasteiger partial charge < -0.3 is 15.4 Å². The average molecular weight is 268 g/mol. The molecule has 19 heavy (non-hydrogen) atoms. The molecule has 1 saturated carbocycles. The number of halogens is 1. The van der Waals surface area contributed by atoms with Gasteiger partial charge >= 0.3 is 0 Å². The van der Waals surface area contributed by atoms with Crippen LogP contribution in [0.1, 0.15) is 29.6 Å². The Kier molecular flexibility index (Phi) is 4.28. The van der Waals surface area contributed by atoms with Crippen LogP contribution in [-0.4, -0.2) is 40.1 Å². The number of amides is 1. The van der Waals surface area contributed by atoms with Crippen LogP contribution in [0.2, 0.25) is 0 Å². The van der Waals surface area contributed by atoms with E-state index in [1.165, 1.54) is 17.2 Å². The fraction of sp³-hybridized carbons (Fsp3) is 0.500. The van der Waals surface area contributed by atoms with E-state index in [-0.39, 0.29) is 30.6 Å². The SMILES string of the molecule is NNc1nccc(C(=O)N(CCO)C2CCC2)c1F. The van der Waals surface area contributed by atoms with Gasteiger partial charge in [0.25, 0.3) is 5.91 Å². The highest BCUT2D eigenvalue weighted by Crippen LogP contribution is 2.27. The summed E-state index contributed by atoms with van der Waals surface area (Å²) in [5.74, 6) is 3.77. The summed E-state index contributed by atoms with van der Waals surface area (Å²) in [5, 5.41) is 9.04. The van der Waals surface area contributed by atoms with Crippen molar-refractivity contribution in [1.29, 1.82) is 0 Å². The summed E-state index contributed by atoms with van der Waals surface area (Å²) in [5.41, 5.74) is 2.03.